The van der Waals surface area contributed by atoms with Gasteiger partial charge in [-0.3, -0.25) is 0 Å². The quantitative estimate of drug-likeness (QED) is 0.365. The normalized spacial score (nSPS) is 10.2. The molecule has 69 valence electrons. The van der Waals surface area contributed by atoms with Gasteiger partial charge >= 0.3 is 0 Å². The van der Waals surface area contributed by atoms with E-state index in [1.807, 2.05) is 0 Å². The van der Waals surface area contributed by atoms with Gasteiger partial charge in [0.2, 0.25) is 5.82 Å². The van der Waals surface area contributed by atoms with Gasteiger partial charge in [0.1, 0.15) is 0 Å². The predicted molar refractivity (Wildman–Crippen MR) is 34.2 cm³/mol. The van der Waals surface area contributed by atoms with Crippen molar-refractivity contribution in [3.05, 3.63) is 47.3 Å². The zero-order chi connectivity index (χ0) is 10.2. The van der Waals surface area contributed by atoms with E-state index in [0.29, 0.717) is 0 Å². The topological polar surface area (TPSA) is 0 Å². The molecule has 0 nitrogen and oxygen atoms in total. The molecule has 0 saturated carbocycles. The van der Waals surface area contributed by atoms with Gasteiger partial charge in [-0.05, 0) is 6.08 Å². The summed E-state index contributed by atoms with van der Waals surface area (Å²) in [7, 11) is 0. The molecule has 0 N–H and O–H groups in total. The fraction of sp³-hybridized carbons (Fsp3) is 0. The third kappa shape index (κ3) is 1.30. The second-order valence-electron chi connectivity index (χ2n) is 2.12. The summed E-state index contributed by atoms with van der Waals surface area (Å²) in [5.41, 5.74) is -1.14. The zero-order valence-corrected chi connectivity index (χ0v) is 6.10. The molecule has 0 aliphatic rings. The molecule has 0 aliphatic carbocycles. The van der Waals surface area contributed by atoms with Gasteiger partial charge < -0.3 is 0 Å². The van der Waals surface area contributed by atoms with E-state index in [4.69, 9.17) is 0 Å². The first kappa shape index (κ1) is 9.70. The van der Waals surface area contributed by atoms with Crippen molar-refractivity contribution in [3.63, 3.8) is 0 Å². The van der Waals surface area contributed by atoms with Crippen molar-refractivity contribution in [3.8, 4) is 0 Å². The SMILES string of the molecule is C=[C]c1c(F)c(F)c(F)c(F)c1F. The lowest BCUT2D eigenvalue weighted by Gasteiger charge is -2.02. The van der Waals surface area contributed by atoms with Gasteiger partial charge in [-0.15, -0.1) is 0 Å². The minimum atomic E-state index is -2.19. The highest BCUT2D eigenvalue weighted by Crippen LogP contribution is 2.22. The van der Waals surface area contributed by atoms with Gasteiger partial charge in [0.15, 0.2) is 23.3 Å². The number of hydrogen-bond acceptors (Lipinski definition) is 0. The Bertz CT molecular complexity index is 340. The molecule has 13 heavy (non-hydrogen) atoms. The number of halogens is 5. The van der Waals surface area contributed by atoms with Crippen molar-refractivity contribution in [2.24, 2.45) is 0 Å². The minimum absolute atomic E-state index is 1.14. The predicted octanol–water partition coefficient (Wildman–Crippen LogP) is 2.72. The van der Waals surface area contributed by atoms with Crippen LogP contribution < -0.4 is 0 Å². The van der Waals surface area contributed by atoms with Crippen LogP contribution in [-0.4, -0.2) is 0 Å². The molecule has 0 aliphatic heterocycles. The smallest absolute Gasteiger partial charge is 0.200 e. The van der Waals surface area contributed by atoms with Gasteiger partial charge in [-0.25, -0.2) is 22.0 Å². The first-order chi connectivity index (χ1) is 6.00. The van der Waals surface area contributed by atoms with Crippen LogP contribution in [0.15, 0.2) is 6.58 Å². The molecule has 0 spiro atoms. The minimum Gasteiger partial charge on any atom is -0.203 e. The van der Waals surface area contributed by atoms with Gasteiger partial charge in [-0.1, -0.05) is 6.58 Å². The molecule has 0 atom stereocenters. The average Bonchev–Trinajstić information content (AvgIpc) is 2.13. The number of rotatable bonds is 1. The van der Waals surface area contributed by atoms with E-state index < -0.39 is 34.6 Å². The Morgan fingerprint density at radius 1 is 0.692 bits per heavy atom. The maximum atomic E-state index is 12.6. The molecule has 0 heterocycles. The zero-order valence-electron chi connectivity index (χ0n) is 6.10. The van der Waals surface area contributed by atoms with Crippen LogP contribution in [-0.2, 0) is 0 Å². The average molecular weight is 193 g/mol. The molecule has 1 aromatic rings. The summed E-state index contributed by atoms with van der Waals surface area (Å²) in [6.45, 7) is 2.80. The maximum Gasteiger partial charge on any atom is 0.200 e. The summed E-state index contributed by atoms with van der Waals surface area (Å²) < 4.78 is 62.2. The van der Waals surface area contributed by atoms with E-state index in [0.717, 1.165) is 0 Å². The molecule has 0 saturated heterocycles. The third-order valence-corrected chi connectivity index (χ3v) is 1.39. The van der Waals surface area contributed by atoms with Crippen LogP contribution in [0.4, 0.5) is 22.0 Å². The highest BCUT2D eigenvalue weighted by molar-refractivity contribution is 5.28. The van der Waals surface area contributed by atoms with E-state index in [1.165, 1.54) is 0 Å². The standard InChI is InChI=1S/C8H2F5/c1-2-3-4(9)6(11)8(13)7(12)5(3)10/h1H2. The molecule has 1 rings (SSSR count). The van der Waals surface area contributed by atoms with Crippen molar-refractivity contribution in [2.75, 3.05) is 0 Å². The van der Waals surface area contributed by atoms with Crippen LogP contribution in [0.2, 0.25) is 0 Å². The lowest BCUT2D eigenvalue weighted by molar-refractivity contribution is 0.375. The molecule has 0 bridgehead atoms. The van der Waals surface area contributed by atoms with Gasteiger partial charge in [0, 0.05) is 0 Å². The molecule has 1 aromatic carbocycles. The molecule has 0 aromatic heterocycles. The Morgan fingerprint density at radius 2 is 1.00 bits per heavy atom. The van der Waals surface area contributed by atoms with Crippen LogP contribution in [0.25, 0.3) is 0 Å². The van der Waals surface area contributed by atoms with E-state index >= 15 is 0 Å². The second kappa shape index (κ2) is 3.16. The summed E-state index contributed by atoms with van der Waals surface area (Å²) in [6.07, 6.45) is 1.63. The highest BCUT2D eigenvalue weighted by atomic mass is 19.2. The van der Waals surface area contributed by atoms with Crippen molar-refractivity contribution in [1.82, 2.24) is 0 Å². The molecule has 1 radical (unpaired) electrons. The Kier molecular flexibility index (Phi) is 2.36. The van der Waals surface area contributed by atoms with Gasteiger partial charge in [0.25, 0.3) is 0 Å². The fourth-order valence-corrected chi connectivity index (χ4v) is 0.760. The summed E-state index contributed by atoms with van der Waals surface area (Å²) in [5.74, 6) is -10.0. The molecule has 0 amide bonds. The summed E-state index contributed by atoms with van der Waals surface area (Å²) >= 11 is 0. The van der Waals surface area contributed by atoms with E-state index in [-0.39, 0.29) is 0 Å². The Balaban J connectivity index is 3.66. The first-order valence-electron chi connectivity index (χ1n) is 3.05. The lowest BCUT2D eigenvalue weighted by Crippen LogP contribution is -2.04. The van der Waals surface area contributed by atoms with Crippen molar-refractivity contribution >= 4 is 0 Å². The summed E-state index contributed by atoms with van der Waals surface area (Å²) in [6, 6.07) is 0. The van der Waals surface area contributed by atoms with E-state index in [1.54, 1.807) is 6.08 Å². The maximum absolute atomic E-state index is 12.6. The molecule has 5 heteroatoms. The first-order valence-corrected chi connectivity index (χ1v) is 3.05. The second-order valence-corrected chi connectivity index (χ2v) is 2.12. The van der Waals surface area contributed by atoms with Gasteiger partial charge in [-0.2, -0.15) is 0 Å². The van der Waals surface area contributed by atoms with Crippen LogP contribution in [0.1, 0.15) is 5.56 Å². The van der Waals surface area contributed by atoms with E-state index in [9.17, 15) is 22.0 Å². The summed E-state index contributed by atoms with van der Waals surface area (Å²) in [4.78, 5) is 0. The van der Waals surface area contributed by atoms with Crippen LogP contribution in [0.5, 0.6) is 0 Å². The molecular formula is C8H2F5. The Hall–Kier alpha value is -1.39. The van der Waals surface area contributed by atoms with Crippen molar-refractivity contribution < 1.29 is 22.0 Å². The monoisotopic (exact) mass is 193 g/mol. The summed E-state index contributed by atoms with van der Waals surface area (Å²) in [5, 5.41) is 0. The lowest BCUT2D eigenvalue weighted by atomic mass is 10.1. The molecular weight excluding hydrogens is 191 g/mol. The van der Waals surface area contributed by atoms with Crippen LogP contribution in [0, 0.1) is 35.2 Å². The van der Waals surface area contributed by atoms with Crippen LogP contribution in [0.3, 0.4) is 0 Å². The Morgan fingerprint density at radius 3 is 1.31 bits per heavy atom. The van der Waals surface area contributed by atoms with Crippen molar-refractivity contribution in [1.29, 1.82) is 0 Å². The van der Waals surface area contributed by atoms with E-state index in [2.05, 4.69) is 6.58 Å². The molecule has 0 unspecified atom stereocenters. The van der Waals surface area contributed by atoms with Crippen LogP contribution >= 0.6 is 0 Å². The third-order valence-electron chi connectivity index (χ3n) is 1.39. The largest absolute Gasteiger partial charge is 0.203 e. The number of hydrogen-bond donors (Lipinski definition) is 0. The fourth-order valence-electron chi connectivity index (χ4n) is 0.760. The highest BCUT2D eigenvalue weighted by Gasteiger charge is 2.23. The number of benzene rings is 1. The molecule has 0 fully saturated rings. The van der Waals surface area contributed by atoms with Crippen molar-refractivity contribution in [2.45, 2.75) is 0 Å². The van der Waals surface area contributed by atoms with Gasteiger partial charge in [0.05, 0.1) is 5.56 Å². The Labute approximate surface area is 70.3 Å².